The van der Waals surface area contributed by atoms with Crippen molar-refractivity contribution in [1.82, 2.24) is 15.1 Å². The molecule has 4 heteroatoms. The zero-order valence-electron chi connectivity index (χ0n) is 11.6. The Morgan fingerprint density at radius 2 is 1.95 bits per heavy atom. The van der Waals surface area contributed by atoms with Crippen LogP contribution < -0.4 is 5.32 Å². The minimum atomic E-state index is 0.279. The lowest BCUT2D eigenvalue weighted by molar-refractivity contribution is 0.438. The van der Waals surface area contributed by atoms with Crippen molar-refractivity contribution in [1.29, 1.82) is 0 Å². The molecule has 19 heavy (non-hydrogen) atoms. The predicted molar refractivity (Wildman–Crippen MR) is 81.9 cm³/mol. The minimum absolute atomic E-state index is 0.279. The van der Waals surface area contributed by atoms with E-state index >= 15 is 0 Å². The van der Waals surface area contributed by atoms with Gasteiger partial charge in [-0.2, -0.15) is 5.10 Å². The summed E-state index contributed by atoms with van der Waals surface area (Å²) < 4.78 is 3.04. The lowest BCUT2D eigenvalue weighted by Gasteiger charge is -2.23. The summed E-state index contributed by atoms with van der Waals surface area (Å²) in [6.07, 6.45) is 2.90. The fourth-order valence-electron chi connectivity index (χ4n) is 2.34. The van der Waals surface area contributed by atoms with Crippen LogP contribution in [0.4, 0.5) is 0 Å². The normalized spacial score (nSPS) is 14.3. The highest BCUT2D eigenvalue weighted by Crippen LogP contribution is 2.23. The number of hydrogen-bond donors (Lipinski definition) is 1. The number of aromatic nitrogens is 2. The molecule has 0 saturated carbocycles. The second-order valence-electron chi connectivity index (χ2n) is 4.78. The van der Waals surface area contributed by atoms with Crippen molar-refractivity contribution in [2.75, 3.05) is 0 Å². The van der Waals surface area contributed by atoms with Crippen LogP contribution in [0.3, 0.4) is 0 Å². The average Bonchev–Trinajstić information content (AvgIpc) is 2.83. The summed E-state index contributed by atoms with van der Waals surface area (Å²) in [5.74, 6) is 0. The van der Waals surface area contributed by atoms with Gasteiger partial charge in [0.15, 0.2) is 0 Å². The first-order chi connectivity index (χ1) is 9.11. The third-order valence-electron chi connectivity index (χ3n) is 3.43. The van der Waals surface area contributed by atoms with E-state index in [9.17, 15) is 0 Å². The fraction of sp³-hybridized carbons (Fsp3) is 0.400. The van der Waals surface area contributed by atoms with Crippen LogP contribution in [0.1, 0.15) is 43.6 Å². The molecule has 0 aliphatic heterocycles. The molecular weight excluding hydrogens is 302 g/mol. The first-order valence-corrected chi connectivity index (χ1v) is 7.40. The van der Waals surface area contributed by atoms with E-state index in [1.165, 1.54) is 11.3 Å². The Morgan fingerprint density at radius 3 is 2.47 bits per heavy atom. The Balaban J connectivity index is 2.11. The summed E-state index contributed by atoms with van der Waals surface area (Å²) in [5.41, 5.74) is 2.52. The smallest absolute Gasteiger partial charge is 0.0547 e. The minimum Gasteiger partial charge on any atom is -0.302 e. The van der Waals surface area contributed by atoms with Crippen LogP contribution in [0.5, 0.6) is 0 Å². The molecule has 2 atom stereocenters. The van der Waals surface area contributed by atoms with Gasteiger partial charge >= 0.3 is 0 Å². The molecule has 1 heterocycles. The maximum absolute atomic E-state index is 4.23. The van der Waals surface area contributed by atoms with Crippen molar-refractivity contribution in [3.63, 3.8) is 0 Å². The summed E-state index contributed by atoms with van der Waals surface area (Å²) >= 11 is 3.48. The highest BCUT2D eigenvalue weighted by Gasteiger charge is 2.15. The number of benzene rings is 1. The predicted octanol–water partition coefficient (Wildman–Crippen LogP) is 3.98. The maximum atomic E-state index is 4.23. The second kappa shape index (κ2) is 6.35. The lowest BCUT2D eigenvalue weighted by Crippen LogP contribution is -2.25. The van der Waals surface area contributed by atoms with Gasteiger partial charge in [-0.1, -0.05) is 35.0 Å². The Hall–Kier alpha value is -1.13. The molecule has 0 fully saturated rings. The van der Waals surface area contributed by atoms with Crippen LogP contribution in [-0.4, -0.2) is 9.78 Å². The van der Waals surface area contributed by atoms with Crippen LogP contribution in [0.2, 0.25) is 0 Å². The van der Waals surface area contributed by atoms with Crippen molar-refractivity contribution in [3.8, 4) is 0 Å². The first-order valence-electron chi connectivity index (χ1n) is 6.61. The van der Waals surface area contributed by atoms with Crippen molar-refractivity contribution >= 4 is 15.9 Å². The third-order valence-corrected chi connectivity index (χ3v) is 3.96. The summed E-state index contributed by atoms with van der Waals surface area (Å²) in [6, 6.07) is 11.2. The van der Waals surface area contributed by atoms with Crippen molar-refractivity contribution in [3.05, 3.63) is 52.3 Å². The summed E-state index contributed by atoms with van der Waals surface area (Å²) in [7, 11) is 1.98. The number of hydrogen-bond acceptors (Lipinski definition) is 2. The molecule has 0 radical (unpaired) electrons. The number of nitrogens with zero attached hydrogens (tertiary/aromatic N) is 2. The molecule has 1 N–H and O–H groups in total. The fourth-order valence-corrected chi connectivity index (χ4v) is 2.61. The third kappa shape index (κ3) is 3.45. The monoisotopic (exact) mass is 321 g/mol. The molecule has 2 unspecified atom stereocenters. The van der Waals surface area contributed by atoms with Gasteiger partial charge in [0.05, 0.1) is 5.69 Å². The van der Waals surface area contributed by atoms with Crippen LogP contribution in [0, 0.1) is 0 Å². The summed E-state index contributed by atoms with van der Waals surface area (Å²) in [4.78, 5) is 0. The molecule has 0 bridgehead atoms. The standard InChI is InChI=1S/C15H20BrN3/c1-4-14(12-5-7-13(16)8-6-12)18-11(2)15-9-10-17-19(15)3/h5-11,14,18H,4H2,1-3H3. The van der Waals surface area contributed by atoms with Gasteiger partial charge in [0.1, 0.15) is 0 Å². The van der Waals surface area contributed by atoms with Gasteiger partial charge in [0.2, 0.25) is 0 Å². The zero-order chi connectivity index (χ0) is 13.8. The highest BCUT2D eigenvalue weighted by atomic mass is 79.9. The molecule has 0 saturated heterocycles. The van der Waals surface area contributed by atoms with Crippen molar-refractivity contribution < 1.29 is 0 Å². The molecule has 0 aliphatic rings. The number of nitrogens with one attached hydrogen (secondary N) is 1. The van der Waals surface area contributed by atoms with Gasteiger partial charge in [-0.15, -0.1) is 0 Å². The largest absolute Gasteiger partial charge is 0.302 e. The van der Waals surface area contributed by atoms with Gasteiger partial charge < -0.3 is 5.32 Å². The summed E-state index contributed by atoms with van der Waals surface area (Å²) in [5, 5.41) is 7.90. The molecule has 0 aliphatic carbocycles. The molecule has 2 aromatic rings. The van der Waals surface area contributed by atoms with Gasteiger partial charge in [0, 0.05) is 29.8 Å². The molecule has 2 rings (SSSR count). The van der Waals surface area contributed by atoms with Gasteiger partial charge in [-0.3, -0.25) is 4.68 Å². The van der Waals surface area contributed by atoms with Crippen LogP contribution in [-0.2, 0) is 7.05 Å². The maximum Gasteiger partial charge on any atom is 0.0547 e. The first kappa shape index (κ1) is 14.3. The van der Waals surface area contributed by atoms with Crippen LogP contribution >= 0.6 is 15.9 Å². The summed E-state index contributed by atoms with van der Waals surface area (Å²) in [6.45, 7) is 4.38. The van der Waals surface area contributed by atoms with E-state index in [1.54, 1.807) is 0 Å². The van der Waals surface area contributed by atoms with Gasteiger partial charge in [-0.25, -0.2) is 0 Å². The highest BCUT2D eigenvalue weighted by molar-refractivity contribution is 9.10. The molecule has 1 aromatic heterocycles. The van der Waals surface area contributed by atoms with E-state index in [1.807, 2.05) is 17.9 Å². The molecule has 0 spiro atoms. The Bertz CT molecular complexity index is 518. The number of rotatable bonds is 5. The van der Waals surface area contributed by atoms with E-state index in [-0.39, 0.29) is 6.04 Å². The Labute approximate surface area is 123 Å². The second-order valence-corrected chi connectivity index (χ2v) is 5.70. The van der Waals surface area contributed by atoms with E-state index in [0.29, 0.717) is 6.04 Å². The number of halogens is 1. The molecule has 102 valence electrons. The molecular formula is C15H20BrN3. The number of aryl methyl sites for hydroxylation is 1. The van der Waals surface area contributed by atoms with Crippen LogP contribution in [0.15, 0.2) is 41.0 Å². The quantitative estimate of drug-likeness (QED) is 0.902. The Morgan fingerprint density at radius 1 is 1.26 bits per heavy atom. The van der Waals surface area contributed by atoms with Crippen molar-refractivity contribution in [2.45, 2.75) is 32.4 Å². The SMILES string of the molecule is CCC(NC(C)c1ccnn1C)c1ccc(Br)cc1. The lowest BCUT2D eigenvalue weighted by atomic mass is 10.0. The Kier molecular flexibility index (Phi) is 4.77. The van der Waals surface area contributed by atoms with Gasteiger partial charge in [-0.05, 0) is 37.1 Å². The topological polar surface area (TPSA) is 29.9 Å². The van der Waals surface area contributed by atoms with Crippen molar-refractivity contribution in [2.24, 2.45) is 7.05 Å². The molecule has 1 aromatic carbocycles. The molecule has 3 nitrogen and oxygen atoms in total. The van der Waals surface area contributed by atoms with E-state index < -0.39 is 0 Å². The van der Waals surface area contributed by atoms with E-state index in [2.05, 4.69) is 70.5 Å². The average molecular weight is 322 g/mol. The molecule has 0 amide bonds. The van der Waals surface area contributed by atoms with Gasteiger partial charge in [0.25, 0.3) is 0 Å². The van der Waals surface area contributed by atoms with Crippen LogP contribution in [0.25, 0.3) is 0 Å². The van der Waals surface area contributed by atoms with E-state index in [4.69, 9.17) is 0 Å². The van der Waals surface area contributed by atoms with E-state index in [0.717, 1.165) is 10.9 Å². The zero-order valence-corrected chi connectivity index (χ0v) is 13.2.